The van der Waals surface area contributed by atoms with Crippen molar-refractivity contribution < 1.29 is 23.7 Å². The fraction of sp³-hybridized carbons (Fsp3) is 0.950. The van der Waals surface area contributed by atoms with Gasteiger partial charge in [-0.15, -0.1) is 0 Å². The number of hydrogen-bond acceptors (Lipinski definition) is 6. The summed E-state index contributed by atoms with van der Waals surface area (Å²) in [5.74, 6) is 0.0759. The van der Waals surface area contributed by atoms with Gasteiger partial charge in [-0.25, -0.2) is 0 Å². The first kappa shape index (κ1) is 19.6. The summed E-state index contributed by atoms with van der Waals surface area (Å²) in [6, 6.07) is 0. The second-order valence-corrected chi connectivity index (χ2v) is 8.46. The molecule has 27 heavy (non-hydrogen) atoms. The minimum absolute atomic E-state index is 0.0759. The highest BCUT2D eigenvalue weighted by molar-refractivity contribution is 5.77. The second kappa shape index (κ2) is 9.18. The van der Waals surface area contributed by atoms with E-state index in [0.29, 0.717) is 26.3 Å². The lowest BCUT2D eigenvalue weighted by Gasteiger charge is -2.33. The van der Waals surface area contributed by atoms with Gasteiger partial charge in [0, 0.05) is 26.2 Å². The highest BCUT2D eigenvalue weighted by atomic mass is 16.6. The van der Waals surface area contributed by atoms with Crippen LogP contribution in [0.4, 0.5) is 0 Å². The lowest BCUT2D eigenvalue weighted by atomic mass is 10.00. The fourth-order valence-corrected chi connectivity index (χ4v) is 4.77. The number of nitrogens with zero attached hydrogens (tertiary/aromatic N) is 2. The summed E-state index contributed by atoms with van der Waals surface area (Å²) in [6.07, 6.45) is 7.09. The van der Waals surface area contributed by atoms with Crippen LogP contribution < -0.4 is 0 Å². The van der Waals surface area contributed by atoms with Gasteiger partial charge >= 0.3 is 0 Å². The van der Waals surface area contributed by atoms with Gasteiger partial charge in [-0.05, 0) is 25.7 Å². The van der Waals surface area contributed by atoms with Crippen molar-refractivity contribution in [3.63, 3.8) is 0 Å². The summed E-state index contributed by atoms with van der Waals surface area (Å²) in [4.78, 5) is 17.0. The molecule has 3 aliphatic heterocycles. The largest absolute Gasteiger partial charge is 0.379 e. The summed E-state index contributed by atoms with van der Waals surface area (Å²) >= 11 is 0. The summed E-state index contributed by atoms with van der Waals surface area (Å²) in [6.45, 7) is 7.13. The molecule has 4 fully saturated rings. The molecule has 3 heterocycles. The number of carbonyl (C=O) groups is 1. The van der Waals surface area contributed by atoms with Crippen molar-refractivity contribution in [3.05, 3.63) is 0 Å². The van der Waals surface area contributed by atoms with E-state index in [-0.39, 0.29) is 30.3 Å². The maximum Gasteiger partial charge on any atom is 0.248 e. The molecule has 1 aliphatic carbocycles. The Morgan fingerprint density at radius 1 is 1.04 bits per heavy atom. The quantitative estimate of drug-likeness (QED) is 0.709. The van der Waals surface area contributed by atoms with E-state index in [1.807, 2.05) is 4.90 Å². The van der Waals surface area contributed by atoms with Crippen LogP contribution in [0.5, 0.6) is 0 Å². The minimum Gasteiger partial charge on any atom is -0.379 e. The van der Waals surface area contributed by atoms with Gasteiger partial charge < -0.3 is 23.8 Å². The Kier molecular flexibility index (Phi) is 6.66. The van der Waals surface area contributed by atoms with Crippen LogP contribution in [-0.2, 0) is 23.7 Å². The van der Waals surface area contributed by atoms with Gasteiger partial charge in [0.05, 0.1) is 45.2 Å². The summed E-state index contributed by atoms with van der Waals surface area (Å²) < 4.78 is 23.6. The molecule has 1 spiro atoms. The van der Waals surface area contributed by atoms with Gasteiger partial charge in [0.2, 0.25) is 5.91 Å². The third-order valence-electron chi connectivity index (χ3n) is 6.35. The Bertz CT molecular complexity index is 493. The molecule has 0 unspecified atom stereocenters. The molecule has 154 valence electrons. The molecule has 4 rings (SSSR count). The van der Waals surface area contributed by atoms with Crippen molar-refractivity contribution in [2.24, 2.45) is 0 Å². The lowest BCUT2D eigenvalue weighted by molar-refractivity contribution is -0.143. The van der Waals surface area contributed by atoms with E-state index < -0.39 is 0 Å². The van der Waals surface area contributed by atoms with Crippen molar-refractivity contribution in [3.8, 4) is 0 Å². The zero-order valence-electron chi connectivity index (χ0n) is 16.4. The molecule has 0 radical (unpaired) electrons. The van der Waals surface area contributed by atoms with Gasteiger partial charge in [-0.1, -0.05) is 12.8 Å². The SMILES string of the molecule is O=C(COC1CCCC1)N1CCOC[C@@]2(CC[C@H](CN3CCOCC3)O2)C1. The number of ether oxygens (including phenoxy) is 4. The standard InChI is InChI=1S/C20H34N2O5/c23-19(14-26-17-3-1-2-4-17)22-9-12-25-16-20(15-22)6-5-18(27-20)13-21-7-10-24-11-8-21/h17-18H,1-16H2/t18-,20-/m1/s1. The third-order valence-corrected chi connectivity index (χ3v) is 6.35. The van der Waals surface area contributed by atoms with E-state index in [1.165, 1.54) is 12.8 Å². The van der Waals surface area contributed by atoms with Gasteiger partial charge in [-0.2, -0.15) is 0 Å². The molecular formula is C20H34N2O5. The van der Waals surface area contributed by atoms with Gasteiger partial charge in [-0.3, -0.25) is 9.69 Å². The first-order chi connectivity index (χ1) is 13.2. The Hall–Kier alpha value is -0.730. The number of amides is 1. The average Bonchev–Trinajstić information content (AvgIpc) is 3.28. The van der Waals surface area contributed by atoms with Crippen LogP contribution in [0, 0.1) is 0 Å². The van der Waals surface area contributed by atoms with E-state index in [2.05, 4.69) is 4.90 Å². The van der Waals surface area contributed by atoms with Crippen LogP contribution in [0.25, 0.3) is 0 Å². The maximum absolute atomic E-state index is 12.7. The molecular weight excluding hydrogens is 348 g/mol. The van der Waals surface area contributed by atoms with Crippen molar-refractivity contribution in [1.82, 2.24) is 9.80 Å². The predicted molar refractivity (Wildman–Crippen MR) is 99.7 cm³/mol. The minimum atomic E-state index is -0.351. The molecule has 1 saturated carbocycles. The van der Waals surface area contributed by atoms with Crippen LogP contribution in [0.2, 0.25) is 0 Å². The predicted octanol–water partition coefficient (Wildman–Crippen LogP) is 1.05. The molecule has 4 aliphatic rings. The third kappa shape index (κ3) is 5.21. The van der Waals surface area contributed by atoms with Crippen molar-refractivity contribution in [2.45, 2.75) is 56.3 Å². The Labute approximate surface area is 162 Å². The molecule has 7 nitrogen and oxygen atoms in total. The molecule has 2 atom stereocenters. The van der Waals surface area contributed by atoms with Crippen LogP contribution in [0.3, 0.4) is 0 Å². The molecule has 7 heteroatoms. The monoisotopic (exact) mass is 382 g/mol. The molecule has 1 amide bonds. The van der Waals surface area contributed by atoms with Crippen molar-refractivity contribution in [2.75, 3.05) is 65.8 Å². The molecule has 0 bridgehead atoms. The van der Waals surface area contributed by atoms with E-state index >= 15 is 0 Å². The number of morpholine rings is 1. The van der Waals surface area contributed by atoms with Crippen LogP contribution >= 0.6 is 0 Å². The van der Waals surface area contributed by atoms with E-state index in [1.54, 1.807) is 0 Å². The molecule has 0 aromatic carbocycles. The highest BCUT2D eigenvalue weighted by Crippen LogP contribution is 2.33. The summed E-state index contributed by atoms with van der Waals surface area (Å²) in [5.41, 5.74) is -0.351. The van der Waals surface area contributed by atoms with Gasteiger partial charge in [0.25, 0.3) is 0 Å². The molecule has 0 aromatic heterocycles. The highest BCUT2D eigenvalue weighted by Gasteiger charge is 2.44. The van der Waals surface area contributed by atoms with Crippen LogP contribution in [0.1, 0.15) is 38.5 Å². The van der Waals surface area contributed by atoms with Crippen LogP contribution in [-0.4, -0.2) is 99.3 Å². The topological polar surface area (TPSA) is 60.5 Å². The number of rotatable bonds is 5. The first-order valence-corrected chi connectivity index (χ1v) is 10.7. The number of hydrogen-bond donors (Lipinski definition) is 0. The molecule has 0 N–H and O–H groups in total. The van der Waals surface area contributed by atoms with E-state index in [0.717, 1.165) is 58.5 Å². The summed E-state index contributed by atoms with van der Waals surface area (Å²) in [5, 5.41) is 0. The zero-order chi connectivity index (χ0) is 18.5. The Morgan fingerprint density at radius 3 is 2.63 bits per heavy atom. The van der Waals surface area contributed by atoms with Gasteiger partial charge in [0.15, 0.2) is 0 Å². The zero-order valence-corrected chi connectivity index (χ0v) is 16.4. The van der Waals surface area contributed by atoms with E-state index in [9.17, 15) is 4.79 Å². The van der Waals surface area contributed by atoms with E-state index in [4.69, 9.17) is 18.9 Å². The summed E-state index contributed by atoms with van der Waals surface area (Å²) in [7, 11) is 0. The van der Waals surface area contributed by atoms with Crippen LogP contribution in [0.15, 0.2) is 0 Å². The normalized spacial score (nSPS) is 33.6. The molecule has 0 aromatic rings. The molecule has 3 saturated heterocycles. The lowest BCUT2D eigenvalue weighted by Crippen LogP contribution is -2.48. The smallest absolute Gasteiger partial charge is 0.248 e. The Morgan fingerprint density at radius 2 is 1.81 bits per heavy atom. The average molecular weight is 383 g/mol. The number of carbonyl (C=O) groups excluding carboxylic acids is 1. The van der Waals surface area contributed by atoms with Gasteiger partial charge in [0.1, 0.15) is 12.2 Å². The van der Waals surface area contributed by atoms with Crippen molar-refractivity contribution >= 4 is 5.91 Å². The second-order valence-electron chi connectivity index (χ2n) is 8.46. The first-order valence-electron chi connectivity index (χ1n) is 10.7. The maximum atomic E-state index is 12.7. The Balaban J connectivity index is 1.28. The van der Waals surface area contributed by atoms with Crippen molar-refractivity contribution in [1.29, 1.82) is 0 Å². The fourth-order valence-electron chi connectivity index (χ4n) is 4.77.